The van der Waals surface area contributed by atoms with Crippen LogP contribution >= 0.6 is 0 Å². The van der Waals surface area contributed by atoms with Gasteiger partial charge in [0.25, 0.3) is 0 Å². The van der Waals surface area contributed by atoms with Gasteiger partial charge in [-0.25, -0.2) is 13.6 Å². The molecule has 0 spiro atoms. The molecule has 1 saturated carbocycles. The molecular weight excluding hydrogens is 226 g/mol. The first-order valence-electron chi connectivity index (χ1n) is 5.48. The first-order valence-corrected chi connectivity index (χ1v) is 5.48. The van der Waals surface area contributed by atoms with E-state index in [9.17, 15) is 13.6 Å². The maximum Gasteiger partial charge on any atom is 0.328 e. The number of hydrogen-bond donors (Lipinski definition) is 1. The number of hydrogen-bond acceptors (Lipinski definition) is 1. The van der Waals surface area contributed by atoms with Gasteiger partial charge in [-0.3, -0.25) is 0 Å². The third-order valence-corrected chi connectivity index (χ3v) is 3.08. The summed E-state index contributed by atoms with van der Waals surface area (Å²) in [4.78, 5) is 10.7. The monoisotopic (exact) mass is 238 g/mol. The van der Waals surface area contributed by atoms with Gasteiger partial charge in [-0.15, -0.1) is 0 Å². The summed E-state index contributed by atoms with van der Waals surface area (Å²) in [7, 11) is 0. The van der Waals surface area contributed by atoms with E-state index in [0.29, 0.717) is 11.1 Å². The molecule has 0 bridgehead atoms. The molecule has 4 heteroatoms. The quantitative estimate of drug-likeness (QED) is 0.821. The zero-order chi connectivity index (χ0) is 12.4. The van der Waals surface area contributed by atoms with Crippen LogP contribution in [-0.4, -0.2) is 11.1 Å². The standard InChI is InChI=1S/C13H12F2O2/c14-11-5-4-9(6-12(11)15)10(7-13(16)17)8-2-1-3-8/h4-8H,1-3H2,(H,16,17)/b10-7+. The Kier molecular flexibility index (Phi) is 3.22. The van der Waals surface area contributed by atoms with Crippen molar-refractivity contribution in [2.75, 3.05) is 0 Å². The van der Waals surface area contributed by atoms with E-state index in [1.807, 2.05) is 0 Å². The van der Waals surface area contributed by atoms with Crippen molar-refractivity contribution in [3.8, 4) is 0 Å². The highest BCUT2D eigenvalue weighted by atomic mass is 19.2. The number of aliphatic carboxylic acids is 1. The summed E-state index contributed by atoms with van der Waals surface area (Å²) in [5.74, 6) is -2.78. The Morgan fingerprint density at radius 2 is 2.00 bits per heavy atom. The Hall–Kier alpha value is -1.71. The molecule has 0 unspecified atom stereocenters. The number of rotatable bonds is 3. The molecule has 1 N–H and O–H groups in total. The maximum absolute atomic E-state index is 13.1. The molecule has 0 saturated heterocycles. The van der Waals surface area contributed by atoms with Crippen LogP contribution in [0.5, 0.6) is 0 Å². The molecule has 17 heavy (non-hydrogen) atoms. The number of carboxylic acids is 1. The van der Waals surface area contributed by atoms with Crippen molar-refractivity contribution in [1.82, 2.24) is 0 Å². The minimum atomic E-state index is -1.06. The van der Waals surface area contributed by atoms with Gasteiger partial charge in [-0.1, -0.05) is 12.5 Å². The summed E-state index contributed by atoms with van der Waals surface area (Å²) in [5, 5.41) is 8.79. The fourth-order valence-corrected chi connectivity index (χ4v) is 1.96. The highest BCUT2D eigenvalue weighted by Gasteiger charge is 2.24. The fourth-order valence-electron chi connectivity index (χ4n) is 1.96. The minimum absolute atomic E-state index is 0.149. The minimum Gasteiger partial charge on any atom is -0.478 e. The summed E-state index contributed by atoms with van der Waals surface area (Å²) >= 11 is 0. The van der Waals surface area contributed by atoms with Gasteiger partial charge in [-0.2, -0.15) is 0 Å². The van der Waals surface area contributed by atoms with Crippen LogP contribution < -0.4 is 0 Å². The summed E-state index contributed by atoms with van der Waals surface area (Å²) in [5.41, 5.74) is 1.04. The summed E-state index contributed by atoms with van der Waals surface area (Å²) in [6.07, 6.45) is 3.94. The Balaban J connectivity index is 2.37. The number of halogens is 2. The van der Waals surface area contributed by atoms with Crippen LogP contribution in [0.2, 0.25) is 0 Å². The predicted octanol–water partition coefficient (Wildman–Crippen LogP) is 3.23. The lowest BCUT2D eigenvalue weighted by Crippen LogP contribution is -2.14. The molecular formula is C13H12F2O2. The SMILES string of the molecule is O=C(O)/C=C(/c1ccc(F)c(F)c1)C1CCC1. The van der Waals surface area contributed by atoms with Gasteiger partial charge in [0.1, 0.15) is 0 Å². The van der Waals surface area contributed by atoms with Crippen molar-refractivity contribution < 1.29 is 18.7 Å². The Morgan fingerprint density at radius 3 is 2.47 bits per heavy atom. The van der Waals surface area contributed by atoms with Gasteiger partial charge in [0, 0.05) is 6.08 Å². The molecule has 1 aromatic carbocycles. The smallest absolute Gasteiger partial charge is 0.328 e. The van der Waals surface area contributed by atoms with Crippen LogP contribution in [0.1, 0.15) is 24.8 Å². The van der Waals surface area contributed by atoms with Crippen LogP contribution in [-0.2, 0) is 4.79 Å². The molecule has 0 aromatic heterocycles. The molecule has 1 aliphatic carbocycles. The van der Waals surface area contributed by atoms with Crippen molar-refractivity contribution in [2.24, 2.45) is 5.92 Å². The van der Waals surface area contributed by atoms with E-state index in [0.717, 1.165) is 37.5 Å². The second kappa shape index (κ2) is 4.65. The van der Waals surface area contributed by atoms with Crippen molar-refractivity contribution >= 4 is 11.5 Å². The second-order valence-electron chi connectivity index (χ2n) is 4.19. The van der Waals surface area contributed by atoms with Gasteiger partial charge < -0.3 is 5.11 Å². The molecule has 0 aliphatic heterocycles. The van der Waals surface area contributed by atoms with E-state index in [1.165, 1.54) is 6.07 Å². The van der Waals surface area contributed by atoms with E-state index in [1.54, 1.807) is 0 Å². The normalized spacial score (nSPS) is 16.7. The topological polar surface area (TPSA) is 37.3 Å². The molecule has 90 valence electrons. The molecule has 2 nitrogen and oxygen atoms in total. The number of carbonyl (C=O) groups is 1. The maximum atomic E-state index is 13.1. The number of benzene rings is 1. The molecule has 0 radical (unpaired) electrons. The summed E-state index contributed by atoms with van der Waals surface area (Å²) in [6, 6.07) is 3.51. The summed E-state index contributed by atoms with van der Waals surface area (Å²) in [6.45, 7) is 0. The van der Waals surface area contributed by atoms with Gasteiger partial charge in [-0.05, 0) is 42.0 Å². The number of allylic oxidation sites excluding steroid dienone is 1. The fraction of sp³-hybridized carbons (Fsp3) is 0.308. The average molecular weight is 238 g/mol. The molecule has 1 aromatic rings. The second-order valence-corrected chi connectivity index (χ2v) is 4.19. The van der Waals surface area contributed by atoms with Gasteiger partial charge in [0.2, 0.25) is 0 Å². The zero-order valence-electron chi connectivity index (χ0n) is 9.12. The largest absolute Gasteiger partial charge is 0.478 e. The first-order chi connectivity index (χ1) is 8.08. The molecule has 2 rings (SSSR count). The van der Waals surface area contributed by atoms with Gasteiger partial charge in [0.05, 0.1) is 0 Å². The van der Waals surface area contributed by atoms with Crippen molar-refractivity contribution in [1.29, 1.82) is 0 Å². The van der Waals surface area contributed by atoms with Crippen molar-refractivity contribution in [3.63, 3.8) is 0 Å². The van der Waals surface area contributed by atoms with Crippen LogP contribution in [0.3, 0.4) is 0 Å². The Labute approximate surface area is 97.6 Å². The highest BCUT2D eigenvalue weighted by Crippen LogP contribution is 2.38. The van der Waals surface area contributed by atoms with E-state index < -0.39 is 17.6 Å². The van der Waals surface area contributed by atoms with Crippen molar-refractivity contribution in [3.05, 3.63) is 41.5 Å². The molecule has 1 fully saturated rings. The first kappa shape index (κ1) is 11.8. The van der Waals surface area contributed by atoms with E-state index in [4.69, 9.17) is 5.11 Å². The Bertz CT molecular complexity index is 476. The lowest BCUT2D eigenvalue weighted by molar-refractivity contribution is -0.131. The third-order valence-electron chi connectivity index (χ3n) is 3.08. The van der Waals surface area contributed by atoms with E-state index in [2.05, 4.69) is 0 Å². The van der Waals surface area contributed by atoms with Crippen LogP contribution in [0, 0.1) is 17.6 Å². The van der Waals surface area contributed by atoms with E-state index in [-0.39, 0.29) is 5.92 Å². The molecule has 0 atom stereocenters. The van der Waals surface area contributed by atoms with Crippen LogP contribution in [0.15, 0.2) is 24.3 Å². The molecule has 1 aliphatic rings. The molecule has 0 heterocycles. The number of carboxylic acid groups (broad SMARTS) is 1. The van der Waals surface area contributed by atoms with Gasteiger partial charge >= 0.3 is 5.97 Å². The zero-order valence-corrected chi connectivity index (χ0v) is 9.12. The van der Waals surface area contributed by atoms with Gasteiger partial charge in [0.15, 0.2) is 11.6 Å². The summed E-state index contributed by atoms with van der Waals surface area (Å²) < 4.78 is 25.9. The van der Waals surface area contributed by atoms with E-state index >= 15 is 0 Å². The van der Waals surface area contributed by atoms with Crippen LogP contribution in [0.25, 0.3) is 5.57 Å². The third kappa shape index (κ3) is 2.52. The van der Waals surface area contributed by atoms with Crippen molar-refractivity contribution in [2.45, 2.75) is 19.3 Å². The average Bonchev–Trinajstić information content (AvgIpc) is 2.18. The lowest BCUT2D eigenvalue weighted by atomic mass is 9.77. The Morgan fingerprint density at radius 1 is 1.29 bits per heavy atom. The van der Waals surface area contributed by atoms with Crippen LogP contribution in [0.4, 0.5) is 8.78 Å². The molecule has 0 amide bonds. The highest BCUT2D eigenvalue weighted by molar-refractivity contribution is 5.90. The predicted molar refractivity (Wildman–Crippen MR) is 59.3 cm³/mol. The lowest BCUT2D eigenvalue weighted by Gasteiger charge is -2.28.